The van der Waals surface area contributed by atoms with Gasteiger partial charge < -0.3 is 29.7 Å². The number of benzene rings is 1. The van der Waals surface area contributed by atoms with E-state index in [1.807, 2.05) is 0 Å². The average Bonchev–Trinajstić information content (AvgIpc) is 3.03. The zero-order chi connectivity index (χ0) is 35.2. The SMILES string of the molecule is CCCCCCCC(=O)CCCCCC/C=C/[C@@H](C(=O)N[C@@H](Cc1ccc(O)cc1)C(=O)OC)[C@](O)(CC(=O)OC)C(=O)OC(C)C. The van der Waals surface area contributed by atoms with Gasteiger partial charge in [0.15, 0.2) is 5.60 Å². The van der Waals surface area contributed by atoms with E-state index >= 15 is 0 Å². The summed E-state index contributed by atoms with van der Waals surface area (Å²) < 4.78 is 14.8. The molecule has 11 heteroatoms. The van der Waals surface area contributed by atoms with Crippen LogP contribution in [-0.4, -0.2) is 71.8 Å². The van der Waals surface area contributed by atoms with Crippen LogP contribution < -0.4 is 5.32 Å². The van der Waals surface area contributed by atoms with E-state index < -0.39 is 53.9 Å². The summed E-state index contributed by atoms with van der Waals surface area (Å²) in [5, 5.41) is 23.8. The van der Waals surface area contributed by atoms with Crippen molar-refractivity contribution in [1.29, 1.82) is 0 Å². The fraction of sp³-hybridized carbons (Fsp3) is 0.639. The highest BCUT2D eigenvalue weighted by atomic mass is 16.6. The van der Waals surface area contributed by atoms with Crippen LogP contribution in [0.4, 0.5) is 0 Å². The van der Waals surface area contributed by atoms with Crippen LogP contribution in [0.3, 0.4) is 0 Å². The van der Waals surface area contributed by atoms with Gasteiger partial charge in [0.05, 0.1) is 32.7 Å². The van der Waals surface area contributed by atoms with E-state index in [4.69, 9.17) is 14.2 Å². The molecule has 0 aliphatic rings. The largest absolute Gasteiger partial charge is 0.508 e. The van der Waals surface area contributed by atoms with Gasteiger partial charge in [0.25, 0.3) is 0 Å². The predicted molar refractivity (Wildman–Crippen MR) is 177 cm³/mol. The zero-order valence-corrected chi connectivity index (χ0v) is 28.8. The molecule has 0 saturated heterocycles. The number of carbonyl (C=O) groups excluding carboxylic acids is 5. The molecule has 1 aromatic rings. The lowest BCUT2D eigenvalue weighted by atomic mass is 9.82. The minimum Gasteiger partial charge on any atom is -0.508 e. The molecule has 0 bridgehead atoms. The van der Waals surface area contributed by atoms with Gasteiger partial charge in [0, 0.05) is 19.3 Å². The van der Waals surface area contributed by atoms with Crippen molar-refractivity contribution in [3.63, 3.8) is 0 Å². The first-order valence-electron chi connectivity index (χ1n) is 16.7. The third-order valence-electron chi connectivity index (χ3n) is 7.78. The second-order valence-electron chi connectivity index (χ2n) is 12.1. The van der Waals surface area contributed by atoms with E-state index in [-0.39, 0.29) is 12.2 Å². The number of phenols is 1. The second-order valence-corrected chi connectivity index (χ2v) is 12.1. The Kier molecular flexibility index (Phi) is 20.0. The first-order chi connectivity index (χ1) is 22.4. The fourth-order valence-corrected chi connectivity index (χ4v) is 5.07. The maximum Gasteiger partial charge on any atom is 0.340 e. The van der Waals surface area contributed by atoms with Crippen molar-refractivity contribution in [2.24, 2.45) is 5.92 Å². The van der Waals surface area contributed by atoms with Crippen molar-refractivity contribution in [2.45, 2.75) is 128 Å². The van der Waals surface area contributed by atoms with Crippen LogP contribution in [0.25, 0.3) is 0 Å². The molecule has 0 fully saturated rings. The monoisotopic (exact) mass is 661 g/mol. The molecule has 1 aromatic carbocycles. The normalized spacial score (nSPS) is 13.9. The molecule has 47 heavy (non-hydrogen) atoms. The van der Waals surface area contributed by atoms with Crippen molar-refractivity contribution in [1.82, 2.24) is 5.32 Å². The number of allylic oxidation sites excluding steroid dienone is 1. The number of nitrogens with one attached hydrogen (secondary N) is 1. The average molecular weight is 662 g/mol. The van der Waals surface area contributed by atoms with Crippen molar-refractivity contribution in [2.75, 3.05) is 14.2 Å². The van der Waals surface area contributed by atoms with E-state index in [0.717, 1.165) is 52.7 Å². The lowest BCUT2D eigenvalue weighted by molar-refractivity contribution is -0.181. The highest BCUT2D eigenvalue weighted by Crippen LogP contribution is 2.28. The molecular weight excluding hydrogens is 606 g/mol. The number of Topliss-reactive ketones (excluding diaryl/α,β-unsaturated/α-hetero) is 1. The Balaban J connectivity index is 3.04. The van der Waals surface area contributed by atoms with Gasteiger partial charge in [0.1, 0.15) is 17.6 Å². The summed E-state index contributed by atoms with van der Waals surface area (Å²) in [6, 6.07) is 4.80. The van der Waals surface area contributed by atoms with Crippen molar-refractivity contribution in [3.8, 4) is 5.75 Å². The van der Waals surface area contributed by atoms with Crippen LogP contribution in [0.1, 0.15) is 110 Å². The topological polar surface area (TPSA) is 166 Å². The molecule has 3 N–H and O–H groups in total. The lowest BCUT2D eigenvalue weighted by Crippen LogP contribution is -2.56. The van der Waals surface area contributed by atoms with Gasteiger partial charge in [-0.25, -0.2) is 9.59 Å². The minimum absolute atomic E-state index is 0.0115. The van der Waals surface area contributed by atoms with Crippen LogP contribution in [0.5, 0.6) is 5.75 Å². The molecular formula is C36H55NO10. The van der Waals surface area contributed by atoms with Gasteiger partial charge in [-0.15, -0.1) is 0 Å². The number of methoxy groups -OCH3 is 2. The van der Waals surface area contributed by atoms with E-state index in [1.165, 1.54) is 37.5 Å². The minimum atomic E-state index is -2.64. The molecule has 0 aliphatic heterocycles. The van der Waals surface area contributed by atoms with Crippen LogP contribution in [0.15, 0.2) is 36.4 Å². The van der Waals surface area contributed by atoms with Crippen LogP contribution >= 0.6 is 0 Å². The highest BCUT2D eigenvalue weighted by molar-refractivity contribution is 5.95. The van der Waals surface area contributed by atoms with Crippen molar-refractivity contribution < 1.29 is 48.4 Å². The molecule has 11 nitrogen and oxygen atoms in total. The molecule has 0 radical (unpaired) electrons. The van der Waals surface area contributed by atoms with Crippen LogP contribution in [0.2, 0.25) is 0 Å². The number of hydrogen-bond acceptors (Lipinski definition) is 10. The molecule has 0 spiro atoms. The molecule has 3 atom stereocenters. The number of hydrogen-bond donors (Lipinski definition) is 3. The Morgan fingerprint density at radius 1 is 0.872 bits per heavy atom. The lowest BCUT2D eigenvalue weighted by Gasteiger charge is -2.32. The molecule has 0 saturated carbocycles. The number of ether oxygens (including phenoxy) is 3. The maximum atomic E-state index is 13.8. The Bertz CT molecular complexity index is 1150. The standard InChI is InChI=1S/C36H55NO10/c1-6-7-8-11-14-17-28(38)18-15-12-9-10-13-16-19-30(36(44,25-32(40)45-4)35(43)47-26(2)3)33(41)37-31(34(42)46-5)24-27-20-22-29(39)23-21-27/h16,19-23,26,30-31,39,44H,6-15,17-18,24-25H2,1-5H3,(H,37,41)/b19-16+/t30-,31-,36+/m0/s1. The van der Waals surface area contributed by atoms with Gasteiger partial charge >= 0.3 is 17.9 Å². The molecule has 0 aliphatic carbocycles. The van der Waals surface area contributed by atoms with Crippen LogP contribution in [0, 0.1) is 5.92 Å². The third-order valence-corrected chi connectivity index (χ3v) is 7.78. The summed E-state index contributed by atoms with van der Waals surface area (Å²) >= 11 is 0. The number of aromatic hydroxyl groups is 1. The van der Waals surface area contributed by atoms with Crippen molar-refractivity contribution in [3.05, 3.63) is 42.0 Å². The van der Waals surface area contributed by atoms with Gasteiger partial charge in [-0.3, -0.25) is 14.4 Å². The third kappa shape index (κ3) is 16.1. The van der Waals surface area contributed by atoms with Gasteiger partial charge in [0.2, 0.25) is 5.91 Å². The Morgan fingerprint density at radius 2 is 1.47 bits per heavy atom. The zero-order valence-electron chi connectivity index (χ0n) is 28.8. The second kappa shape index (κ2) is 22.7. The van der Waals surface area contributed by atoms with Gasteiger partial charge in [-0.2, -0.15) is 0 Å². The van der Waals surface area contributed by atoms with Gasteiger partial charge in [-0.05, 0) is 57.2 Å². The number of unbranched alkanes of at least 4 members (excludes halogenated alkanes) is 8. The number of esters is 3. The van der Waals surface area contributed by atoms with E-state index in [1.54, 1.807) is 32.1 Å². The molecule has 1 amide bonds. The molecule has 0 heterocycles. The Hall–Kier alpha value is -3.73. The molecule has 1 rings (SSSR count). The maximum absolute atomic E-state index is 13.8. The first kappa shape index (κ1) is 41.3. The molecule has 264 valence electrons. The van der Waals surface area contributed by atoms with Gasteiger partial charge in [-0.1, -0.05) is 69.7 Å². The van der Waals surface area contributed by atoms with E-state index in [2.05, 4.69) is 12.2 Å². The van der Waals surface area contributed by atoms with E-state index in [0.29, 0.717) is 30.6 Å². The van der Waals surface area contributed by atoms with E-state index in [9.17, 15) is 34.2 Å². The Morgan fingerprint density at radius 3 is 2.02 bits per heavy atom. The van der Waals surface area contributed by atoms with Crippen molar-refractivity contribution >= 4 is 29.6 Å². The number of ketones is 1. The highest BCUT2D eigenvalue weighted by Gasteiger charge is 2.50. The summed E-state index contributed by atoms with van der Waals surface area (Å²) in [6.45, 7) is 5.29. The summed E-state index contributed by atoms with van der Waals surface area (Å²) in [6.07, 6.45) is 12.0. The number of amides is 1. The first-order valence-corrected chi connectivity index (χ1v) is 16.7. The summed E-state index contributed by atoms with van der Waals surface area (Å²) in [5.41, 5.74) is -2.04. The summed E-state index contributed by atoms with van der Waals surface area (Å²) in [5.74, 6) is -5.12. The summed E-state index contributed by atoms with van der Waals surface area (Å²) in [4.78, 5) is 64.1. The number of phenolic OH excluding ortho intramolecular Hbond substituents is 1. The van der Waals surface area contributed by atoms with Crippen LogP contribution in [-0.2, 0) is 44.6 Å². The summed E-state index contributed by atoms with van der Waals surface area (Å²) in [7, 11) is 2.25. The quantitative estimate of drug-likeness (QED) is 0.0574. The number of rotatable bonds is 24. The smallest absolute Gasteiger partial charge is 0.340 e. The Labute approximate surface area is 279 Å². The fourth-order valence-electron chi connectivity index (χ4n) is 5.07. The number of carbonyl (C=O) groups is 5. The number of aliphatic hydroxyl groups is 1. The molecule has 0 aromatic heterocycles. The molecule has 0 unspecified atom stereocenters. The predicted octanol–water partition coefficient (Wildman–Crippen LogP) is 5.28.